The van der Waals surface area contributed by atoms with Crippen molar-refractivity contribution in [3.8, 4) is 5.75 Å². The lowest BCUT2D eigenvalue weighted by Crippen LogP contribution is -2.13. The van der Waals surface area contributed by atoms with Crippen LogP contribution in [0, 0.1) is 0 Å². The molecular formula is C22H18ClNO4S. The van der Waals surface area contributed by atoms with Crippen molar-refractivity contribution in [2.75, 3.05) is 11.8 Å². The molecule has 29 heavy (non-hydrogen) atoms. The van der Waals surface area contributed by atoms with E-state index in [1.54, 1.807) is 43.5 Å². The van der Waals surface area contributed by atoms with Gasteiger partial charge in [-0.2, -0.15) is 0 Å². The van der Waals surface area contributed by atoms with Crippen LogP contribution in [0.4, 0.5) is 5.69 Å². The minimum absolute atomic E-state index is 0.0815. The van der Waals surface area contributed by atoms with Crippen molar-refractivity contribution < 1.29 is 17.9 Å². The molecule has 3 rings (SSSR count). The molecule has 0 heterocycles. The summed E-state index contributed by atoms with van der Waals surface area (Å²) in [5.74, 6) is 0.488. The van der Waals surface area contributed by atoms with Gasteiger partial charge in [-0.3, -0.25) is 9.52 Å². The lowest BCUT2D eigenvalue weighted by Gasteiger charge is -2.09. The number of halogens is 1. The molecule has 7 heteroatoms. The van der Waals surface area contributed by atoms with Gasteiger partial charge < -0.3 is 4.74 Å². The summed E-state index contributed by atoms with van der Waals surface area (Å²) in [6, 6.07) is 19.4. The van der Waals surface area contributed by atoms with Crippen LogP contribution in [0.1, 0.15) is 15.9 Å². The van der Waals surface area contributed by atoms with Gasteiger partial charge in [0.15, 0.2) is 5.78 Å². The molecule has 3 aromatic rings. The predicted molar refractivity (Wildman–Crippen MR) is 115 cm³/mol. The van der Waals surface area contributed by atoms with Crippen LogP contribution in [0.5, 0.6) is 5.75 Å². The Morgan fingerprint density at radius 1 is 1.00 bits per heavy atom. The summed E-state index contributed by atoms with van der Waals surface area (Å²) in [5.41, 5.74) is 1.51. The quantitative estimate of drug-likeness (QED) is 0.423. The number of hydrogen-bond acceptors (Lipinski definition) is 4. The smallest absolute Gasteiger partial charge is 0.261 e. The highest BCUT2D eigenvalue weighted by atomic mass is 35.5. The van der Waals surface area contributed by atoms with Gasteiger partial charge in [-0.25, -0.2) is 8.42 Å². The molecule has 0 spiro atoms. The van der Waals surface area contributed by atoms with E-state index in [4.69, 9.17) is 16.3 Å². The second-order valence-electron chi connectivity index (χ2n) is 6.11. The highest BCUT2D eigenvalue weighted by Crippen LogP contribution is 2.20. The van der Waals surface area contributed by atoms with Crippen LogP contribution >= 0.6 is 11.6 Å². The zero-order valence-electron chi connectivity index (χ0n) is 15.5. The molecule has 148 valence electrons. The van der Waals surface area contributed by atoms with E-state index in [2.05, 4.69) is 4.72 Å². The first kappa shape index (κ1) is 20.6. The fourth-order valence-electron chi connectivity index (χ4n) is 2.55. The Hall–Kier alpha value is -3.09. The molecule has 0 aliphatic rings. The minimum atomic E-state index is -3.78. The van der Waals surface area contributed by atoms with Gasteiger partial charge in [0.1, 0.15) is 5.75 Å². The SMILES string of the molecule is COc1ccc(C=CC(=O)c2cccc(NS(=O)(=O)c3ccc(Cl)cc3)c2)cc1. The number of ether oxygens (including phenoxy) is 1. The maximum absolute atomic E-state index is 12.5. The first-order chi connectivity index (χ1) is 13.9. The zero-order chi connectivity index (χ0) is 20.9. The number of carbonyl (C=O) groups excluding carboxylic acids is 1. The summed E-state index contributed by atoms with van der Waals surface area (Å²) >= 11 is 5.80. The molecule has 0 saturated carbocycles. The predicted octanol–water partition coefficient (Wildman–Crippen LogP) is 5.05. The number of rotatable bonds is 7. The van der Waals surface area contributed by atoms with E-state index >= 15 is 0 Å². The van der Waals surface area contributed by atoms with Crippen molar-refractivity contribution in [2.45, 2.75) is 4.90 Å². The molecule has 1 N–H and O–H groups in total. The summed E-state index contributed by atoms with van der Waals surface area (Å²) < 4.78 is 32.6. The van der Waals surface area contributed by atoms with Gasteiger partial charge in [0.05, 0.1) is 12.0 Å². The van der Waals surface area contributed by atoms with Gasteiger partial charge in [0, 0.05) is 16.3 Å². The normalized spacial score (nSPS) is 11.4. The summed E-state index contributed by atoms with van der Waals surface area (Å²) in [7, 11) is -2.20. The second kappa shape index (κ2) is 8.94. The van der Waals surface area contributed by atoms with Crippen LogP contribution in [0.2, 0.25) is 5.02 Å². The number of allylic oxidation sites excluding steroid dienone is 1. The van der Waals surface area contributed by atoms with Crippen LogP contribution in [-0.2, 0) is 10.0 Å². The van der Waals surface area contributed by atoms with Gasteiger partial charge in [0.2, 0.25) is 0 Å². The molecule has 0 amide bonds. The van der Waals surface area contributed by atoms with Crippen LogP contribution in [0.15, 0.2) is 83.8 Å². The van der Waals surface area contributed by atoms with E-state index in [-0.39, 0.29) is 10.7 Å². The monoisotopic (exact) mass is 427 g/mol. The number of sulfonamides is 1. The van der Waals surface area contributed by atoms with E-state index in [9.17, 15) is 13.2 Å². The van der Waals surface area contributed by atoms with Crippen molar-refractivity contribution in [2.24, 2.45) is 0 Å². The molecule has 3 aromatic carbocycles. The lowest BCUT2D eigenvalue weighted by molar-refractivity contribution is 0.104. The van der Waals surface area contributed by atoms with Crippen molar-refractivity contribution in [1.82, 2.24) is 0 Å². The summed E-state index contributed by atoms with van der Waals surface area (Å²) in [5, 5.41) is 0.445. The van der Waals surface area contributed by atoms with Gasteiger partial charge in [-0.15, -0.1) is 0 Å². The number of hydrogen-bond donors (Lipinski definition) is 1. The van der Waals surface area contributed by atoms with Gasteiger partial charge >= 0.3 is 0 Å². The summed E-state index contributed by atoms with van der Waals surface area (Å²) in [6.07, 6.45) is 3.13. The Morgan fingerprint density at radius 2 is 1.69 bits per heavy atom. The fraction of sp³-hybridized carbons (Fsp3) is 0.0455. The molecule has 0 unspecified atom stereocenters. The third kappa shape index (κ3) is 5.47. The highest BCUT2D eigenvalue weighted by molar-refractivity contribution is 7.92. The third-order valence-electron chi connectivity index (χ3n) is 4.07. The lowest BCUT2D eigenvalue weighted by atomic mass is 10.1. The Balaban J connectivity index is 1.75. The number of benzene rings is 3. The molecule has 0 aromatic heterocycles. The minimum Gasteiger partial charge on any atom is -0.497 e. The number of carbonyl (C=O) groups is 1. The molecule has 0 fully saturated rings. The zero-order valence-corrected chi connectivity index (χ0v) is 17.1. The first-order valence-corrected chi connectivity index (χ1v) is 10.5. The average molecular weight is 428 g/mol. The third-order valence-corrected chi connectivity index (χ3v) is 5.72. The molecule has 0 bridgehead atoms. The average Bonchev–Trinajstić information content (AvgIpc) is 2.72. The van der Waals surface area contributed by atoms with Gasteiger partial charge in [0.25, 0.3) is 10.0 Å². The molecule has 0 atom stereocenters. The number of methoxy groups -OCH3 is 1. The van der Waals surface area contributed by atoms with E-state index in [0.29, 0.717) is 16.3 Å². The topological polar surface area (TPSA) is 72.5 Å². The van der Waals surface area contributed by atoms with Gasteiger partial charge in [-0.05, 0) is 60.2 Å². The Kier molecular flexibility index (Phi) is 6.36. The van der Waals surface area contributed by atoms with E-state index < -0.39 is 10.0 Å². The summed E-state index contributed by atoms with van der Waals surface area (Å²) in [6.45, 7) is 0. The first-order valence-electron chi connectivity index (χ1n) is 8.62. The maximum atomic E-state index is 12.5. The molecule has 5 nitrogen and oxygen atoms in total. The van der Waals surface area contributed by atoms with Crippen LogP contribution in [-0.4, -0.2) is 21.3 Å². The number of nitrogens with one attached hydrogen (secondary N) is 1. The molecule has 0 saturated heterocycles. The molecule has 0 radical (unpaired) electrons. The molecule has 0 aliphatic heterocycles. The summed E-state index contributed by atoms with van der Waals surface area (Å²) in [4.78, 5) is 12.5. The van der Waals surface area contributed by atoms with E-state index in [0.717, 1.165) is 11.3 Å². The maximum Gasteiger partial charge on any atom is 0.261 e. The molecule has 0 aliphatic carbocycles. The van der Waals surface area contributed by atoms with E-state index in [1.165, 1.54) is 36.4 Å². The largest absolute Gasteiger partial charge is 0.497 e. The Morgan fingerprint density at radius 3 is 2.34 bits per heavy atom. The molecular weight excluding hydrogens is 410 g/mol. The van der Waals surface area contributed by atoms with Crippen molar-refractivity contribution in [1.29, 1.82) is 0 Å². The van der Waals surface area contributed by atoms with Crippen LogP contribution in [0.25, 0.3) is 6.08 Å². The fourth-order valence-corrected chi connectivity index (χ4v) is 3.72. The van der Waals surface area contributed by atoms with Crippen LogP contribution in [0.3, 0.4) is 0 Å². The van der Waals surface area contributed by atoms with E-state index in [1.807, 2.05) is 12.1 Å². The number of ketones is 1. The standard InChI is InChI=1S/C22H18ClNO4S/c1-28-20-10-5-16(6-11-20)7-14-22(25)17-3-2-4-19(15-17)24-29(26,27)21-12-8-18(23)9-13-21/h2-15,24H,1H3. The van der Waals surface area contributed by atoms with Crippen molar-refractivity contribution >= 4 is 39.2 Å². The Bertz CT molecular complexity index is 1140. The Labute approximate surface area is 174 Å². The highest BCUT2D eigenvalue weighted by Gasteiger charge is 2.14. The van der Waals surface area contributed by atoms with Crippen molar-refractivity contribution in [3.63, 3.8) is 0 Å². The second-order valence-corrected chi connectivity index (χ2v) is 8.23. The van der Waals surface area contributed by atoms with Gasteiger partial charge in [-0.1, -0.05) is 41.9 Å². The van der Waals surface area contributed by atoms with Crippen LogP contribution < -0.4 is 9.46 Å². The number of anilines is 1. The van der Waals surface area contributed by atoms with Crippen molar-refractivity contribution in [3.05, 3.63) is 95.0 Å².